The Morgan fingerprint density at radius 1 is 1.05 bits per heavy atom. The highest BCUT2D eigenvalue weighted by molar-refractivity contribution is 9.10. The van der Waals surface area contributed by atoms with Gasteiger partial charge in [0.1, 0.15) is 11.5 Å². The van der Waals surface area contributed by atoms with Gasteiger partial charge in [0, 0.05) is 16.6 Å². The van der Waals surface area contributed by atoms with E-state index in [1.54, 1.807) is 0 Å². The molecule has 2 aromatic rings. The molecule has 19 heavy (non-hydrogen) atoms. The van der Waals surface area contributed by atoms with Crippen molar-refractivity contribution in [1.29, 1.82) is 5.26 Å². The topological polar surface area (TPSA) is 35.8 Å². The molecule has 6 heteroatoms. The molecule has 2 nitrogen and oxygen atoms in total. The van der Waals surface area contributed by atoms with E-state index >= 15 is 0 Å². The number of nitrogens with one attached hydrogen (secondary N) is 1. The molecule has 96 valence electrons. The fourth-order valence-electron chi connectivity index (χ4n) is 1.48. The molecule has 0 aliphatic carbocycles. The predicted molar refractivity (Wildman–Crippen MR) is 68.5 cm³/mol. The lowest BCUT2D eigenvalue weighted by atomic mass is 10.2. The molecule has 2 rings (SSSR count). The largest absolute Gasteiger partial charge is 0.350 e. The van der Waals surface area contributed by atoms with Crippen LogP contribution in [0.2, 0.25) is 0 Å². The molecular weight excluding hydrogens is 321 g/mol. The van der Waals surface area contributed by atoms with Gasteiger partial charge in [0.25, 0.3) is 0 Å². The van der Waals surface area contributed by atoms with Crippen LogP contribution in [0, 0.1) is 28.8 Å². The monoisotopic (exact) mass is 326 g/mol. The Hall–Kier alpha value is -2.00. The highest BCUT2D eigenvalue weighted by Gasteiger charge is 2.13. The van der Waals surface area contributed by atoms with E-state index in [0.717, 1.165) is 0 Å². The maximum Gasteiger partial charge on any atom is 0.152 e. The summed E-state index contributed by atoms with van der Waals surface area (Å²) in [4.78, 5) is 0. The summed E-state index contributed by atoms with van der Waals surface area (Å²) in [5.41, 5.74) is 0.313. The van der Waals surface area contributed by atoms with E-state index in [9.17, 15) is 13.2 Å². The summed E-state index contributed by atoms with van der Waals surface area (Å²) >= 11 is 3.18. The fraction of sp³-hybridized carbons (Fsp3) is 0. The van der Waals surface area contributed by atoms with E-state index in [0.29, 0.717) is 27.9 Å². The number of nitrogens with zero attached hydrogens (tertiary/aromatic N) is 1. The molecule has 0 amide bonds. The molecule has 0 bridgehead atoms. The number of hydrogen-bond acceptors (Lipinski definition) is 2. The third-order valence-electron chi connectivity index (χ3n) is 2.36. The van der Waals surface area contributed by atoms with Crippen molar-refractivity contribution in [2.24, 2.45) is 0 Å². The molecule has 0 aliphatic heterocycles. The van der Waals surface area contributed by atoms with E-state index in [4.69, 9.17) is 5.26 Å². The summed E-state index contributed by atoms with van der Waals surface area (Å²) in [7, 11) is 0. The van der Waals surface area contributed by atoms with Gasteiger partial charge in [-0.15, -0.1) is 0 Å². The third kappa shape index (κ3) is 2.88. The Balaban J connectivity index is 2.40. The molecule has 0 saturated heterocycles. The van der Waals surface area contributed by atoms with Gasteiger partial charge in [-0.1, -0.05) is 0 Å². The first-order chi connectivity index (χ1) is 9.01. The Bertz CT molecular complexity index is 657. The average molecular weight is 327 g/mol. The van der Waals surface area contributed by atoms with Crippen LogP contribution < -0.4 is 5.32 Å². The first kappa shape index (κ1) is 13.4. The van der Waals surface area contributed by atoms with Gasteiger partial charge in [-0.3, -0.25) is 0 Å². The maximum absolute atomic E-state index is 13.5. The van der Waals surface area contributed by atoms with Crippen molar-refractivity contribution < 1.29 is 13.2 Å². The van der Waals surface area contributed by atoms with E-state index in [1.807, 2.05) is 6.07 Å². The van der Waals surface area contributed by atoms with E-state index in [2.05, 4.69) is 21.2 Å². The molecule has 0 aliphatic rings. The minimum Gasteiger partial charge on any atom is -0.350 e. The molecule has 0 atom stereocenters. The van der Waals surface area contributed by atoms with Crippen LogP contribution in [0.1, 0.15) is 5.56 Å². The average Bonchev–Trinajstić information content (AvgIpc) is 2.35. The lowest BCUT2D eigenvalue weighted by molar-refractivity contribution is 0.549. The molecule has 0 heterocycles. The molecule has 0 saturated carbocycles. The molecule has 1 N–H and O–H groups in total. The zero-order valence-electron chi connectivity index (χ0n) is 9.35. The van der Waals surface area contributed by atoms with Gasteiger partial charge >= 0.3 is 0 Å². The van der Waals surface area contributed by atoms with Crippen LogP contribution in [0.25, 0.3) is 0 Å². The molecule has 0 aromatic heterocycles. The molecule has 0 spiro atoms. The van der Waals surface area contributed by atoms with Crippen molar-refractivity contribution in [2.75, 3.05) is 5.32 Å². The Kier molecular flexibility index (Phi) is 3.76. The second-order valence-corrected chi connectivity index (χ2v) is 4.53. The first-order valence-corrected chi connectivity index (χ1v) is 5.92. The van der Waals surface area contributed by atoms with Crippen LogP contribution in [0.4, 0.5) is 24.5 Å². The highest BCUT2D eigenvalue weighted by atomic mass is 79.9. The SMILES string of the molecule is N#Cc1ccc(Nc2c(F)cc(F)cc2F)c(Br)c1. The zero-order valence-corrected chi connectivity index (χ0v) is 10.9. The Labute approximate surface area is 115 Å². The standard InChI is InChI=1S/C13H6BrF3N2/c14-9-3-7(6-18)1-2-12(9)19-13-10(16)4-8(15)5-11(13)17/h1-5,19H. The number of hydrogen-bond donors (Lipinski definition) is 1. The van der Waals surface area contributed by atoms with Crippen LogP contribution in [0.5, 0.6) is 0 Å². The quantitative estimate of drug-likeness (QED) is 0.883. The van der Waals surface area contributed by atoms with Gasteiger partial charge in [0.2, 0.25) is 0 Å². The second kappa shape index (κ2) is 5.33. The van der Waals surface area contributed by atoms with Crippen LogP contribution in [0.15, 0.2) is 34.8 Å². The van der Waals surface area contributed by atoms with Crippen LogP contribution >= 0.6 is 15.9 Å². The van der Waals surface area contributed by atoms with Gasteiger partial charge in [-0.2, -0.15) is 5.26 Å². The van der Waals surface area contributed by atoms with E-state index < -0.39 is 23.1 Å². The van der Waals surface area contributed by atoms with E-state index in [-0.39, 0.29) is 0 Å². The minimum atomic E-state index is -1.03. The molecule has 0 unspecified atom stereocenters. The summed E-state index contributed by atoms with van der Waals surface area (Å²) in [6.45, 7) is 0. The van der Waals surface area contributed by atoms with Gasteiger partial charge in [0.15, 0.2) is 11.6 Å². The summed E-state index contributed by atoms with van der Waals surface area (Å²) in [6, 6.07) is 7.59. The van der Waals surface area contributed by atoms with Crippen LogP contribution in [-0.4, -0.2) is 0 Å². The number of benzene rings is 2. The molecule has 0 radical (unpaired) electrons. The number of rotatable bonds is 2. The van der Waals surface area contributed by atoms with Gasteiger partial charge in [-0.05, 0) is 34.1 Å². The molecule has 2 aromatic carbocycles. The predicted octanol–water partition coefficient (Wildman–Crippen LogP) is 4.48. The zero-order chi connectivity index (χ0) is 14.0. The van der Waals surface area contributed by atoms with Gasteiger partial charge in [0.05, 0.1) is 17.3 Å². The van der Waals surface area contributed by atoms with Crippen molar-refractivity contribution in [3.05, 3.63) is 57.8 Å². The Morgan fingerprint density at radius 2 is 1.68 bits per heavy atom. The normalized spacial score (nSPS) is 10.1. The summed E-state index contributed by atoms with van der Waals surface area (Å²) in [5, 5.41) is 11.2. The minimum absolute atomic E-state index is 0.364. The highest BCUT2D eigenvalue weighted by Crippen LogP contribution is 2.29. The third-order valence-corrected chi connectivity index (χ3v) is 3.02. The van der Waals surface area contributed by atoms with Crippen LogP contribution in [-0.2, 0) is 0 Å². The van der Waals surface area contributed by atoms with E-state index in [1.165, 1.54) is 18.2 Å². The number of anilines is 2. The van der Waals surface area contributed by atoms with Crippen molar-refractivity contribution in [3.8, 4) is 6.07 Å². The first-order valence-electron chi connectivity index (χ1n) is 5.12. The van der Waals surface area contributed by atoms with Gasteiger partial charge in [-0.25, -0.2) is 13.2 Å². The van der Waals surface area contributed by atoms with Crippen molar-refractivity contribution in [1.82, 2.24) is 0 Å². The second-order valence-electron chi connectivity index (χ2n) is 3.68. The van der Waals surface area contributed by atoms with Crippen molar-refractivity contribution in [2.45, 2.75) is 0 Å². The fourth-order valence-corrected chi connectivity index (χ4v) is 1.96. The number of halogens is 4. The lowest BCUT2D eigenvalue weighted by Crippen LogP contribution is -1.99. The molecule has 0 fully saturated rings. The van der Waals surface area contributed by atoms with Crippen molar-refractivity contribution >= 4 is 27.3 Å². The van der Waals surface area contributed by atoms with Crippen LogP contribution in [0.3, 0.4) is 0 Å². The molecular formula is C13H6BrF3N2. The van der Waals surface area contributed by atoms with Gasteiger partial charge < -0.3 is 5.32 Å². The number of nitriles is 1. The maximum atomic E-state index is 13.5. The summed E-state index contributed by atoms with van der Waals surface area (Å²) in [5.74, 6) is -3.05. The lowest BCUT2D eigenvalue weighted by Gasteiger charge is -2.10. The summed E-state index contributed by atoms with van der Waals surface area (Å²) < 4.78 is 40.2. The summed E-state index contributed by atoms with van der Waals surface area (Å²) in [6.07, 6.45) is 0. The Morgan fingerprint density at radius 3 is 2.21 bits per heavy atom. The van der Waals surface area contributed by atoms with Crippen molar-refractivity contribution in [3.63, 3.8) is 0 Å². The smallest absolute Gasteiger partial charge is 0.152 e.